The molecule has 0 aliphatic carbocycles. The minimum Gasteiger partial charge on any atom is -0.377 e. The lowest BCUT2D eigenvalue weighted by molar-refractivity contribution is 0.193. The zero-order valence-corrected chi connectivity index (χ0v) is 18.8. The van der Waals surface area contributed by atoms with Gasteiger partial charge < -0.3 is 25.8 Å². The molecule has 0 saturated carbocycles. The molecule has 0 spiro atoms. The molecule has 0 aliphatic heterocycles. The van der Waals surface area contributed by atoms with Crippen LogP contribution in [-0.2, 0) is 13.1 Å². The van der Waals surface area contributed by atoms with E-state index in [1.165, 1.54) is 12.1 Å². The Bertz CT molecular complexity index is 884. The van der Waals surface area contributed by atoms with Gasteiger partial charge in [-0.05, 0) is 62.2 Å². The zero-order valence-electron chi connectivity index (χ0n) is 18.8. The van der Waals surface area contributed by atoms with Crippen LogP contribution >= 0.6 is 0 Å². The normalized spacial score (nSPS) is 10.5. The fraction of sp³-hybridized carbons (Fsp3) is 0.391. The van der Waals surface area contributed by atoms with Gasteiger partial charge in [-0.25, -0.2) is 14.0 Å². The first-order valence-electron chi connectivity index (χ1n) is 10.3. The number of urea groups is 2. The van der Waals surface area contributed by atoms with E-state index in [2.05, 4.69) is 16.0 Å². The number of nitrogens with one attached hydrogen (secondary N) is 3. The van der Waals surface area contributed by atoms with Gasteiger partial charge in [0.2, 0.25) is 0 Å². The molecule has 0 atom stereocenters. The Balaban J connectivity index is 2.31. The van der Waals surface area contributed by atoms with Crippen molar-refractivity contribution in [2.24, 2.45) is 0 Å². The number of carbonyl (C=O) groups excluding carboxylic acids is 2. The molecule has 168 valence electrons. The number of nitrogens with zero attached hydrogens (tertiary/aromatic N) is 2. The van der Waals surface area contributed by atoms with E-state index in [4.69, 9.17) is 0 Å². The lowest BCUT2D eigenvalue weighted by Gasteiger charge is -2.26. The van der Waals surface area contributed by atoms with Crippen LogP contribution in [0.15, 0.2) is 42.5 Å². The van der Waals surface area contributed by atoms with Gasteiger partial charge in [0.1, 0.15) is 5.82 Å². The molecule has 2 aromatic rings. The SMILES string of the molecule is CCNC(=O)N(Cc1ccc(F)cc1)Cc1cc(NC(=O)NC(C)C)ccc1N(C)C. The zero-order chi connectivity index (χ0) is 23.0. The third-order valence-corrected chi connectivity index (χ3v) is 4.50. The molecule has 3 N–H and O–H groups in total. The quantitative estimate of drug-likeness (QED) is 0.590. The predicted molar refractivity (Wildman–Crippen MR) is 123 cm³/mol. The summed E-state index contributed by atoms with van der Waals surface area (Å²) < 4.78 is 13.3. The van der Waals surface area contributed by atoms with E-state index < -0.39 is 0 Å². The number of anilines is 2. The second-order valence-corrected chi connectivity index (χ2v) is 7.81. The van der Waals surface area contributed by atoms with E-state index in [0.717, 1.165) is 16.8 Å². The summed E-state index contributed by atoms with van der Waals surface area (Å²) in [6.45, 7) is 6.77. The van der Waals surface area contributed by atoms with Gasteiger partial charge in [-0.15, -0.1) is 0 Å². The van der Waals surface area contributed by atoms with Crippen molar-refractivity contribution < 1.29 is 14.0 Å². The van der Waals surface area contributed by atoms with Crippen LogP contribution in [0.4, 0.5) is 25.4 Å². The van der Waals surface area contributed by atoms with E-state index >= 15 is 0 Å². The van der Waals surface area contributed by atoms with Gasteiger partial charge in [-0.2, -0.15) is 0 Å². The molecule has 0 aromatic heterocycles. The second kappa shape index (κ2) is 11.2. The van der Waals surface area contributed by atoms with Crippen molar-refractivity contribution in [1.82, 2.24) is 15.5 Å². The minimum absolute atomic E-state index is 0.0180. The Kier molecular flexibility index (Phi) is 8.66. The third kappa shape index (κ3) is 7.47. The van der Waals surface area contributed by atoms with Gasteiger partial charge in [-0.3, -0.25) is 0 Å². The summed E-state index contributed by atoms with van der Waals surface area (Å²) in [5, 5.41) is 8.46. The molecule has 0 bridgehead atoms. The molecule has 8 heteroatoms. The fourth-order valence-corrected chi connectivity index (χ4v) is 3.13. The maximum atomic E-state index is 13.3. The van der Waals surface area contributed by atoms with Crippen molar-refractivity contribution in [2.75, 3.05) is 30.9 Å². The summed E-state index contributed by atoms with van der Waals surface area (Å²) in [5.41, 5.74) is 3.27. The Morgan fingerprint density at radius 2 is 1.71 bits per heavy atom. The van der Waals surface area contributed by atoms with Gasteiger partial charge in [0.05, 0.1) is 0 Å². The predicted octanol–water partition coefficient (Wildman–Crippen LogP) is 4.15. The van der Waals surface area contributed by atoms with Crippen molar-refractivity contribution in [3.05, 3.63) is 59.4 Å². The Hall–Kier alpha value is -3.29. The molecule has 2 rings (SSSR count). The van der Waals surface area contributed by atoms with E-state index in [1.807, 2.05) is 58.0 Å². The lowest BCUT2D eigenvalue weighted by atomic mass is 10.1. The maximum absolute atomic E-state index is 13.3. The Labute approximate surface area is 183 Å². The van der Waals surface area contributed by atoms with Crippen LogP contribution < -0.4 is 20.9 Å². The average molecular weight is 430 g/mol. The van der Waals surface area contributed by atoms with Crippen LogP contribution in [0.5, 0.6) is 0 Å². The van der Waals surface area contributed by atoms with Crippen LogP contribution in [0.1, 0.15) is 31.9 Å². The summed E-state index contributed by atoms with van der Waals surface area (Å²) in [6.07, 6.45) is 0. The molecule has 7 nitrogen and oxygen atoms in total. The number of halogens is 1. The molecule has 0 heterocycles. The van der Waals surface area contributed by atoms with Crippen LogP contribution in [-0.4, -0.2) is 43.6 Å². The summed E-state index contributed by atoms with van der Waals surface area (Å²) in [4.78, 5) is 28.5. The highest BCUT2D eigenvalue weighted by molar-refractivity contribution is 5.90. The van der Waals surface area contributed by atoms with E-state index in [1.54, 1.807) is 17.0 Å². The number of rotatable bonds is 8. The monoisotopic (exact) mass is 429 g/mol. The van der Waals surface area contributed by atoms with Crippen LogP contribution in [0, 0.1) is 5.82 Å². The number of hydrogen-bond donors (Lipinski definition) is 3. The first-order chi connectivity index (χ1) is 14.7. The second-order valence-electron chi connectivity index (χ2n) is 7.81. The average Bonchev–Trinajstić information content (AvgIpc) is 2.68. The molecule has 2 aromatic carbocycles. The van der Waals surface area contributed by atoms with E-state index in [0.29, 0.717) is 25.3 Å². The fourth-order valence-electron chi connectivity index (χ4n) is 3.13. The summed E-state index contributed by atoms with van der Waals surface area (Å²) >= 11 is 0. The highest BCUT2D eigenvalue weighted by atomic mass is 19.1. The van der Waals surface area contributed by atoms with Crippen molar-refractivity contribution >= 4 is 23.4 Å². The highest BCUT2D eigenvalue weighted by Crippen LogP contribution is 2.25. The van der Waals surface area contributed by atoms with Crippen LogP contribution in [0.2, 0.25) is 0 Å². The van der Waals surface area contributed by atoms with E-state index in [9.17, 15) is 14.0 Å². The molecule has 0 fully saturated rings. The number of amides is 4. The molecule has 4 amide bonds. The number of carbonyl (C=O) groups is 2. The van der Waals surface area contributed by atoms with Gasteiger partial charge >= 0.3 is 12.1 Å². The highest BCUT2D eigenvalue weighted by Gasteiger charge is 2.17. The molecule has 31 heavy (non-hydrogen) atoms. The van der Waals surface area contributed by atoms with E-state index in [-0.39, 0.29) is 23.9 Å². The summed E-state index contributed by atoms with van der Waals surface area (Å²) in [7, 11) is 3.85. The van der Waals surface area contributed by atoms with Crippen LogP contribution in [0.3, 0.4) is 0 Å². The lowest BCUT2D eigenvalue weighted by Crippen LogP contribution is -2.39. The third-order valence-electron chi connectivity index (χ3n) is 4.50. The maximum Gasteiger partial charge on any atom is 0.319 e. The minimum atomic E-state index is -0.318. The van der Waals surface area contributed by atoms with Gasteiger partial charge in [0, 0.05) is 51.1 Å². The molecular formula is C23H32FN5O2. The van der Waals surface area contributed by atoms with Crippen molar-refractivity contribution in [3.8, 4) is 0 Å². The standard InChI is InChI=1S/C23H32FN5O2/c1-6-25-23(31)29(14-17-7-9-19(24)10-8-17)15-18-13-20(11-12-21(18)28(4)5)27-22(30)26-16(2)3/h7-13,16H,6,14-15H2,1-5H3,(H,25,31)(H2,26,27,30). The first-order valence-corrected chi connectivity index (χ1v) is 10.3. The largest absolute Gasteiger partial charge is 0.377 e. The van der Waals surface area contributed by atoms with Crippen molar-refractivity contribution in [2.45, 2.75) is 39.9 Å². The topological polar surface area (TPSA) is 76.7 Å². The van der Waals surface area contributed by atoms with Gasteiger partial charge in [0.15, 0.2) is 0 Å². The molecule has 0 unspecified atom stereocenters. The van der Waals surface area contributed by atoms with Crippen molar-refractivity contribution in [1.29, 1.82) is 0 Å². The first kappa shape index (κ1) is 24.0. The summed E-state index contributed by atoms with van der Waals surface area (Å²) in [5.74, 6) is -0.318. The van der Waals surface area contributed by atoms with Crippen LogP contribution in [0.25, 0.3) is 0 Å². The molecule has 0 radical (unpaired) electrons. The molecule has 0 aliphatic rings. The number of benzene rings is 2. The van der Waals surface area contributed by atoms with Crippen molar-refractivity contribution in [3.63, 3.8) is 0 Å². The van der Waals surface area contributed by atoms with Gasteiger partial charge in [-0.1, -0.05) is 12.1 Å². The Morgan fingerprint density at radius 1 is 1.03 bits per heavy atom. The van der Waals surface area contributed by atoms with Gasteiger partial charge in [0.25, 0.3) is 0 Å². The smallest absolute Gasteiger partial charge is 0.319 e. The Morgan fingerprint density at radius 3 is 2.29 bits per heavy atom. The number of hydrogen-bond acceptors (Lipinski definition) is 3. The molecular weight excluding hydrogens is 397 g/mol. The molecule has 0 saturated heterocycles. The summed E-state index contributed by atoms with van der Waals surface area (Å²) in [6, 6.07) is 11.2.